The number of hydrogen-bond acceptors (Lipinski definition) is 0. The molecule has 0 saturated heterocycles. The zero-order valence-corrected chi connectivity index (χ0v) is 12.1. The van der Waals surface area contributed by atoms with Crippen LogP contribution in [0.3, 0.4) is 0 Å². The quantitative estimate of drug-likeness (QED) is 0.621. The molecular formula is C20H20. The normalized spacial score (nSPS) is 12.3. The summed E-state index contributed by atoms with van der Waals surface area (Å²) in [4.78, 5) is 0. The van der Waals surface area contributed by atoms with Gasteiger partial charge in [-0.15, -0.1) is 0 Å². The smallest absolute Gasteiger partial charge is 0.0184 e. The van der Waals surface area contributed by atoms with Gasteiger partial charge >= 0.3 is 0 Å². The van der Waals surface area contributed by atoms with Crippen molar-refractivity contribution in [2.24, 2.45) is 0 Å². The molecule has 0 nitrogen and oxygen atoms in total. The highest BCUT2D eigenvalue weighted by molar-refractivity contribution is 5.77. The first-order chi connectivity index (χ1) is 9.70. The third-order valence-corrected chi connectivity index (χ3v) is 3.35. The highest BCUT2D eigenvalue weighted by atomic mass is 14.0. The first kappa shape index (κ1) is 14.1. The fourth-order valence-corrected chi connectivity index (χ4v) is 2.04. The molecule has 0 heteroatoms. The Bertz CT molecular complexity index is 625. The average molecular weight is 260 g/mol. The average Bonchev–Trinajstić information content (AvgIpc) is 2.49. The van der Waals surface area contributed by atoms with Crippen molar-refractivity contribution in [1.29, 1.82) is 0 Å². The van der Waals surface area contributed by atoms with Gasteiger partial charge < -0.3 is 0 Å². The van der Waals surface area contributed by atoms with Crippen LogP contribution in [0.4, 0.5) is 0 Å². The molecule has 0 aliphatic carbocycles. The maximum absolute atomic E-state index is 3.90. The van der Waals surface area contributed by atoms with Gasteiger partial charge in [-0.1, -0.05) is 85.0 Å². The minimum absolute atomic E-state index is 1.14. The van der Waals surface area contributed by atoms with Crippen molar-refractivity contribution in [2.45, 2.75) is 13.8 Å². The van der Waals surface area contributed by atoms with E-state index in [0.717, 1.165) is 5.57 Å². The van der Waals surface area contributed by atoms with Gasteiger partial charge in [0, 0.05) is 0 Å². The van der Waals surface area contributed by atoms with E-state index < -0.39 is 0 Å². The van der Waals surface area contributed by atoms with E-state index >= 15 is 0 Å². The lowest BCUT2D eigenvalue weighted by Gasteiger charge is -2.03. The second kappa shape index (κ2) is 6.72. The Hall–Kier alpha value is -2.34. The van der Waals surface area contributed by atoms with E-state index in [9.17, 15) is 0 Å². The molecule has 0 heterocycles. The number of rotatable bonds is 4. The van der Waals surface area contributed by atoms with Crippen molar-refractivity contribution in [2.75, 3.05) is 0 Å². The second-order valence-electron chi connectivity index (χ2n) is 4.91. The molecule has 0 radical (unpaired) electrons. The number of hydrogen-bond donors (Lipinski definition) is 0. The fourth-order valence-electron chi connectivity index (χ4n) is 2.04. The van der Waals surface area contributed by atoms with Crippen LogP contribution in [-0.2, 0) is 0 Å². The third kappa shape index (κ3) is 3.58. The summed E-state index contributed by atoms with van der Waals surface area (Å²) in [5, 5.41) is 0. The molecule has 0 bridgehead atoms. The van der Waals surface area contributed by atoms with Gasteiger partial charge in [0.2, 0.25) is 0 Å². The summed E-state index contributed by atoms with van der Waals surface area (Å²) in [6.07, 6.45) is 6.17. The van der Waals surface area contributed by atoms with Crippen molar-refractivity contribution in [3.05, 3.63) is 96.1 Å². The monoisotopic (exact) mass is 260 g/mol. The predicted octanol–water partition coefficient (Wildman–Crippen LogP) is 5.67. The van der Waals surface area contributed by atoms with Crippen molar-refractivity contribution < 1.29 is 0 Å². The van der Waals surface area contributed by atoms with Gasteiger partial charge in [-0.05, 0) is 36.1 Å². The summed E-state index contributed by atoms with van der Waals surface area (Å²) in [5.41, 5.74) is 6.12. The molecule has 0 unspecified atom stereocenters. The van der Waals surface area contributed by atoms with Crippen LogP contribution in [0.1, 0.15) is 23.6 Å². The number of benzene rings is 2. The van der Waals surface area contributed by atoms with Crippen molar-refractivity contribution in [1.82, 2.24) is 0 Å². The predicted molar refractivity (Wildman–Crippen MR) is 89.4 cm³/mol. The third-order valence-electron chi connectivity index (χ3n) is 3.35. The molecule has 0 spiro atoms. The van der Waals surface area contributed by atoms with E-state index in [0.29, 0.717) is 0 Å². The topological polar surface area (TPSA) is 0 Å². The number of aryl methyl sites for hydroxylation is 1. The second-order valence-corrected chi connectivity index (χ2v) is 4.91. The van der Waals surface area contributed by atoms with E-state index in [4.69, 9.17) is 0 Å². The molecule has 2 aromatic rings. The minimum atomic E-state index is 1.14. The summed E-state index contributed by atoms with van der Waals surface area (Å²) in [7, 11) is 0. The number of allylic oxidation sites excluding steroid dienone is 5. The molecule has 0 aromatic heterocycles. The van der Waals surface area contributed by atoms with Crippen molar-refractivity contribution in [3.63, 3.8) is 0 Å². The lowest BCUT2D eigenvalue weighted by atomic mass is 10.0. The van der Waals surface area contributed by atoms with Gasteiger partial charge in [0.15, 0.2) is 0 Å². The van der Waals surface area contributed by atoms with Crippen LogP contribution in [-0.4, -0.2) is 0 Å². The maximum Gasteiger partial charge on any atom is -0.0184 e. The molecule has 0 aliphatic rings. The van der Waals surface area contributed by atoms with Gasteiger partial charge in [-0.25, -0.2) is 0 Å². The first-order valence-corrected chi connectivity index (χ1v) is 6.84. The highest BCUT2D eigenvalue weighted by Crippen LogP contribution is 2.18. The van der Waals surface area contributed by atoms with E-state index in [2.05, 4.69) is 69.0 Å². The van der Waals surface area contributed by atoms with Gasteiger partial charge in [-0.3, -0.25) is 0 Å². The van der Waals surface area contributed by atoms with Gasteiger partial charge in [0.1, 0.15) is 0 Å². The molecule has 0 atom stereocenters. The van der Waals surface area contributed by atoms with Crippen molar-refractivity contribution in [3.8, 4) is 0 Å². The largest absolute Gasteiger partial charge is 0.0984 e. The molecule has 20 heavy (non-hydrogen) atoms. The molecular weight excluding hydrogens is 240 g/mol. The molecule has 0 fully saturated rings. The zero-order valence-electron chi connectivity index (χ0n) is 12.1. The highest BCUT2D eigenvalue weighted by Gasteiger charge is 1.96. The molecule has 2 aromatic carbocycles. The fraction of sp³-hybridized carbons (Fsp3) is 0.100. The molecule has 2 rings (SSSR count). The van der Waals surface area contributed by atoms with Crippen LogP contribution in [0.5, 0.6) is 0 Å². The van der Waals surface area contributed by atoms with Crippen LogP contribution >= 0.6 is 0 Å². The summed E-state index contributed by atoms with van der Waals surface area (Å²) in [5.74, 6) is 0. The van der Waals surface area contributed by atoms with Gasteiger partial charge in [-0.2, -0.15) is 0 Å². The maximum atomic E-state index is 3.90. The lowest BCUT2D eigenvalue weighted by Crippen LogP contribution is -1.81. The molecule has 0 aliphatic heterocycles. The van der Waals surface area contributed by atoms with E-state index in [1.165, 1.54) is 22.3 Å². The standard InChI is InChI=1S/C20H20/c1-4-18(20-8-6-5-7-9-20)15-12-17(3)19-13-10-16(2)11-14-19/h4-15H,1H2,2-3H3/b17-12+,18-15+. The molecule has 100 valence electrons. The van der Waals surface area contributed by atoms with Gasteiger partial charge in [0.05, 0.1) is 0 Å². The Morgan fingerprint density at radius 3 is 2.10 bits per heavy atom. The first-order valence-electron chi connectivity index (χ1n) is 6.84. The summed E-state index contributed by atoms with van der Waals surface area (Å²) in [6.45, 7) is 8.14. The Balaban J connectivity index is 2.27. The Labute approximate surface area is 121 Å². The molecule has 0 N–H and O–H groups in total. The van der Waals surface area contributed by atoms with Crippen LogP contribution in [0.2, 0.25) is 0 Å². The summed E-state index contributed by atoms with van der Waals surface area (Å²) in [6, 6.07) is 18.9. The summed E-state index contributed by atoms with van der Waals surface area (Å²) < 4.78 is 0. The SMILES string of the molecule is C=C/C(=C\C=C(/C)c1ccc(C)cc1)c1ccccc1. The Morgan fingerprint density at radius 2 is 1.50 bits per heavy atom. The Morgan fingerprint density at radius 1 is 0.850 bits per heavy atom. The zero-order chi connectivity index (χ0) is 14.4. The summed E-state index contributed by atoms with van der Waals surface area (Å²) >= 11 is 0. The lowest BCUT2D eigenvalue weighted by molar-refractivity contribution is 1.44. The van der Waals surface area contributed by atoms with E-state index in [1.54, 1.807) is 0 Å². The van der Waals surface area contributed by atoms with Crippen LogP contribution in [0.15, 0.2) is 79.4 Å². The van der Waals surface area contributed by atoms with Crippen LogP contribution < -0.4 is 0 Å². The Kier molecular flexibility index (Phi) is 4.73. The van der Waals surface area contributed by atoms with Crippen LogP contribution in [0, 0.1) is 6.92 Å². The van der Waals surface area contributed by atoms with E-state index in [-0.39, 0.29) is 0 Å². The molecule has 0 saturated carbocycles. The van der Waals surface area contributed by atoms with Gasteiger partial charge in [0.25, 0.3) is 0 Å². The van der Waals surface area contributed by atoms with Crippen LogP contribution in [0.25, 0.3) is 11.1 Å². The van der Waals surface area contributed by atoms with Crippen molar-refractivity contribution >= 4 is 11.1 Å². The molecule has 0 amide bonds. The minimum Gasteiger partial charge on any atom is -0.0984 e. The van der Waals surface area contributed by atoms with E-state index in [1.807, 2.05) is 24.3 Å².